The molecule has 4 rings (SSSR count). The van der Waals surface area contributed by atoms with Crippen LogP contribution in [0.4, 0.5) is 0 Å². The first-order valence-corrected chi connectivity index (χ1v) is 14.4. The monoisotopic (exact) mass is 504 g/mol. The van der Waals surface area contributed by atoms with E-state index in [4.69, 9.17) is 0 Å². The molecule has 3 aliphatic rings. The molecule has 1 atom stereocenters. The van der Waals surface area contributed by atoms with E-state index in [9.17, 15) is 0 Å². The summed E-state index contributed by atoms with van der Waals surface area (Å²) in [5.74, 6) is 0. The Balaban J connectivity index is 0.00000150. The van der Waals surface area contributed by atoms with Gasteiger partial charge in [0.25, 0.3) is 0 Å². The van der Waals surface area contributed by atoms with Crippen molar-refractivity contribution in [3.8, 4) is 0 Å². The molecule has 1 aromatic carbocycles. The van der Waals surface area contributed by atoms with Gasteiger partial charge in [0, 0.05) is 0 Å². The zero-order valence-corrected chi connectivity index (χ0v) is 22.0. The minimum absolute atomic E-state index is 0. The van der Waals surface area contributed by atoms with Crippen molar-refractivity contribution >= 4 is 3.21 Å². The van der Waals surface area contributed by atoms with Gasteiger partial charge in [0.1, 0.15) is 0 Å². The Morgan fingerprint density at radius 2 is 1.69 bits per heavy atom. The van der Waals surface area contributed by atoms with Gasteiger partial charge in [0.15, 0.2) is 0 Å². The summed E-state index contributed by atoms with van der Waals surface area (Å²) in [6.45, 7) is 9.51. The fourth-order valence-corrected chi connectivity index (χ4v) is 13.3. The second-order valence-electron chi connectivity index (χ2n) is 9.28. The molecule has 3 heteroatoms. The van der Waals surface area contributed by atoms with E-state index in [1.165, 1.54) is 37.7 Å². The minimum atomic E-state index is -2.02. The Morgan fingerprint density at radius 1 is 1.00 bits per heavy atom. The smallest absolute Gasteiger partial charge is 1.00 e. The molecule has 0 spiro atoms. The molecule has 29 heavy (non-hydrogen) atoms. The summed E-state index contributed by atoms with van der Waals surface area (Å²) in [6.07, 6.45) is 16.8. The van der Waals surface area contributed by atoms with E-state index in [1.54, 1.807) is 17.6 Å². The van der Waals surface area contributed by atoms with Crippen molar-refractivity contribution in [2.75, 3.05) is 0 Å². The number of benzene rings is 1. The molecule has 0 amide bonds. The Bertz CT molecular complexity index is 892. The Morgan fingerprint density at radius 3 is 2.34 bits per heavy atom. The Kier molecular flexibility index (Phi) is 8.73. The molecule has 0 aromatic heterocycles. The van der Waals surface area contributed by atoms with Crippen molar-refractivity contribution in [2.24, 2.45) is 5.41 Å². The molecular formula is C26H32Cl2Zr. The van der Waals surface area contributed by atoms with Crippen molar-refractivity contribution in [1.29, 1.82) is 0 Å². The quantitative estimate of drug-likeness (QED) is 0.581. The van der Waals surface area contributed by atoms with Gasteiger partial charge in [0.2, 0.25) is 0 Å². The van der Waals surface area contributed by atoms with Crippen LogP contribution in [0, 0.1) is 5.41 Å². The summed E-state index contributed by atoms with van der Waals surface area (Å²) in [5.41, 5.74) is 6.80. The maximum atomic E-state index is 2.61. The standard InChI is InChI=1S/C9H11.C9H13.C8H8.2ClH.Zr/c1-2-5-9-7-3-6-8(9)4-1;1-9(2,3)8-6-4-5-7-8;1-2-8-6-4-3-5-7-8;;;/h3,6-7H,1-2,4-5H2;6-7H,4H2,1-3H3;3-7H,1H3;2*1H;/q;;;;;+2/p-2. The fraction of sp³-hybridized carbons (Fsp3) is 0.423. The van der Waals surface area contributed by atoms with Gasteiger partial charge in [-0.05, 0) is 0 Å². The first-order chi connectivity index (χ1) is 12.9. The molecule has 0 nitrogen and oxygen atoms in total. The van der Waals surface area contributed by atoms with Crippen LogP contribution in [-0.4, -0.2) is 3.21 Å². The topological polar surface area (TPSA) is 0 Å². The van der Waals surface area contributed by atoms with Gasteiger partial charge in [-0.3, -0.25) is 0 Å². The molecule has 0 N–H and O–H groups in total. The SMILES string of the molecule is C/[C](c1ccccc1)=[Zr+2](/[C]1=CC(C(C)(C)C)=CC1)[CH]1C=CC2=C1CCCC2.[Cl-].[Cl-]. The van der Waals surface area contributed by atoms with Crippen LogP contribution in [0.1, 0.15) is 65.4 Å². The first kappa shape index (κ1) is 24.8. The van der Waals surface area contributed by atoms with Gasteiger partial charge in [0.05, 0.1) is 0 Å². The Labute approximate surface area is 197 Å². The van der Waals surface area contributed by atoms with E-state index in [-0.39, 0.29) is 30.2 Å². The summed E-state index contributed by atoms with van der Waals surface area (Å²) in [4.78, 5) is 0. The molecule has 0 heterocycles. The summed E-state index contributed by atoms with van der Waals surface area (Å²) < 4.78 is 4.28. The molecule has 0 saturated heterocycles. The van der Waals surface area contributed by atoms with Crippen LogP contribution >= 0.6 is 0 Å². The van der Waals surface area contributed by atoms with E-state index >= 15 is 0 Å². The van der Waals surface area contributed by atoms with E-state index < -0.39 is 21.3 Å². The van der Waals surface area contributed by atoms with Gasteiger partial charge in [-0.25, -0.2) is 0 Å². The van der Waals surface area contributed by atoms with Gasteiger partial charge in [-0.15, -0.1) is 0 Å². The third-order valence-electron chi connectivity index (χ3n) is 6.43. The molecular weight excluding hydrogens is 474 g/mol. The molecule has 0 aliphatic heterocycles. The van der Waals surface area contributed by atoms with Crippen LogP contribution in [0.15, 0.2) is 74.6 Å². The molecule has 0 fully saturated rings. The van der Waals surface area contributed by atoms with E-state index in [0.717, 1.165) is 3.63 Å². The average Bonchev–Trinajstić information content (AvgIpc) is 3.31. The third kappa shape index (κ3) is 5.23. The minimum Gasteiger partial charge on any atom is -1.00 e. The predicted octanol–water partition coefficient (Wildman–Crippen LogP) is 1.34. The Hall–Kier alpha value is -0.487. The second-order valence-corrected chi connectivity index (χ2v) is 16.3. The van der Waals surface area contributed by atoms with Crippen molar-refractivity contribution in [3.63, 3.8) is 0 Å². The molecule has 0 bridgehead atoms. The van der Waals surface area contributed by atoms with E-state index in [0.29, 0.717) is 0 Å². The van der Waals surface area contributed by atoms with Gasteiger partial charge in [-0.1, -0.05) is 0 Å². The maximum Gasteiger partial charge on any atom is -1.00 e. The van der Waals surface area contributed by atoms with Crippen LogP contribution in [0.3, 0.4) is 0 Å². The maximum absolute atomic E-state index is 2.61. The van der Waals surface area contributed by atoms with E-state index in [2.05, 4.69) is 82.3 Å². The van der Waals surface area contributed by atoms with Gasteiger partial charge in [-0.2, -0.15) is 0 Å². The van der Waals surface area contributed by atoms with Crippen LogP contribution in [-0.2, 0) is 21.3 Å². The fourth-order valence-electron chi connectivity index (χ4n) is 4.85. The number of allylic oxidation sites excluding steroid dienone is 8. The van der Waals surface area contributed by atoms with E-state index in [1.807, 2.05) is 5.57 Å². The van der Waals surface area contributed by atoms with Crippen molar-refractivity contribution in [2.45, 2.75) is 63.4 Å². The van der Waals surface area contributed by atoms with Crippen molar-refractivity contribution in [1.82, 2.24) is 0 Å². The zero-order chi connectivity index (χ0) is 19.0. The van der Waals surface area contributed by atoms with Gasteiger partial charge < -0.3 is 24.8 Å². The molecule has 0 saturated carbocycles. The molecule has 154 valence electrons. The van der Waals surface area contributed by atoms with Gasteiger partial charge >= 0.3 is 174 Å². The summed E-state index contributed by atoms with van der Waals surface area (Å²) >= 11 is -2.02. The third-order valence-corrected chi connectivity index (χ3v) is 14.5. The normalized spacial score (nSPS) is 21.0. The number of halogens is 2. The first-order valence-electron chi connectivity index (χ1n) is 10.5. The van der Waals surface area contributed by atoms with Crippen LogP contribution in [0.25, 0.3) is 0 Å². The average molecular weight is 507 g/mol. The van der Waals surface area contributed by atoms with Crippen LogP contribution < -0.4 is 24.8 Å². The largest absolute Gasteiger partial charge is 1.00 e. The molecule has 3 aliphatic carbocycles. The molecule has 1 unspecified atom stereocenters. The molecule has 1 aromatic rings. The van der Waals surface area contributed by atoms with Crippen molar-refractivity contribution < 1.29 is 46.1 Å². The second kappa shape index (κ2) is 10.2. The van der Waals surface area contributed by atoms with Crippen molar-refractivity contribution in [3.05, 3.63) is 80.2 Å². The number of hydrogen-bond acceptors (Lipinski definition) is 0. The number of hydrogen-bond donors (Lipinski definition) is 0. The summed E-state index contributed by atoms with van der Waals surface area (Å²) in [6, 6.07) is 11.2. The zero-order valence-electron chi connectivity index (χ0n) is 18.1. The van der Waals surface area contributed by atoms with Crippen LogP contribution in [0.5, 0.6) is 0 Å². The summed E-state index contributed by atoms with van der Waals surface area (Å²) in [5, 5.41) is 0. The van der Waals surface area contributed by atoms with Crippen LogP contribution in [0.2, 0.25) is 3.63 Å². The summed E-state index contributed by atoms with van der Waals surface area (Å²) in [7, 11) is 0. The number of rotatable bonds is 3. The predicted molar refractivity (Wildman–Crippen MR) is 115 cm³/mol. The molecule has 0 radical (unpaired) electrons.